The number of nitrogens with zero attached hydrogens (tertiary/aromatic N) is 1. The maximum Gasteiger partial charge on any atom is 0.460 e. The Balaban J connectivity index is 0.000000735. The molecule has 0 aromatic rings. The van der Waals surface area contributed by atoms with Crippen molar-refractivity contribution in [1.82, 2.24) is 10.2 Å². The number of nitrogens with one attached hydrogen (secondary N) is 1. The van der Waals surface area contributed by atoms with E-state index in [0.29, 0.717) is 0 Å². The fourth-order valence-electron chi connectivity index (χ4n) is 1.42. The van der Waals surface area contributed by atoms with Gasteiger partial charge in [-0.05, 0) is 6.92 Å². The molecule has 1 rings (SSSR count). The Hall–Kier alpha value is -1.38. The zero-order valence-electron chi connectivity index (χ0n) is 13.0. The van der Waals surface area contributed by atoms with Gasteiger partial charge in [0.15, 0.2) is 0 Å². The van der Waals surface area contributed by atoms with Gasteiger partial charge in [-0.2, -0.15) is 39.5 Å². The molecule has 1 N–H and O–H groups in total. The largest absolute Gasteiger partial charge is 0.748 e. The van der Waals surface area contributed by atoms with E-state index in [0.717, 1.165) is 13.2 Å². The van der Waals surface area contributed by atoms with Crippen LogP contribution < -0.4 is 5.32 Å². The van der Waals surface area contributed by atoms with Crippen LogP contribution in [0, 0.1) is 0 Å². The summed E-state index contributed by atoms with van der Waals surface area (Å²) in [4.78, 5) is 2.19. The summed E-state index contributed by atoms with van der Waals surface area (Å²) in [6, 6.07) is 0. The topological polar surface area (TPSA) is 72.5 Å². The third-order valence-corrected chi connectivity index (χ3v) is 3.68. The maximum atomic E-state index is 12.6. The molecule has 1 aliphatic rings. The van der Waals surface area contributed by atoms with Crippen molar-refractivity contribution in [3.05, 3.63) is 12.4 Å². The van der Waals surface area contributed by atoms with Crippen molar-refractivity contribution in [1.29, 1.82) is 0 Å². The first-order valence-corrected chi connectivity index (χ1v) is 8.24. The van der Waals surface area contributed by atoms with Crippen molar-refractivity contribution in [2.75, 3.05) is 19.0 Å². The third kappa shape index (κ3) is 6.10. The number of rotatable bonds is 6. The summed E-state index contributed by atoms with van der Waals surface area (Å²) in [5.74, 6) is -22.2. The molecule has 0 bridgehead atoms. The van der Waals surface area contributed by atoms with E-state index in [2.05, 4.69) is 23.3 Å². The first-order valence-electron chi connectivity index (χ1n) is 6.67. The van der Waals surface area contributed by atoms with Crippen molar-refractivity contribution in [3.8, 4) is 0 Å². The SMILES string of the molecule is CCN1C=CNC1.O=S(=O)([O-])CCC(F)(F)C(F)(F)C(F)(F)C(F)(F)F. The van der Waals surface area contributed by atoms with E-state index in [4.69, 9.17) is 0 Å². The predicted octanol–water partition coefficient (Wildman–Crippen LogP) is 2.73. The number of hydrogen-bond donors (Lipinski definition) is 1. The van der Waals surface area contributed by atoms with E-state index in [1.807, 2.05) is 6.20 Å². The zero-order valence-corrected chi connectivity index (χ0v) is 13.8. The molecular formula is C11H14F9N2O3S-. The lowest BCUT2D eigenvalue weighted by Crippen LogP contribution is -2.61. The highest BCUT2D eigenvalue weighted by atomic mass is 32.2. The van der Waals surface area contributed by atoms with Gasteiger partial charge in [0, 0.05) is 31.1 Å². The lowest BCUT2D eigenvalue weighted by atomic mass is 10.0. The Morgan fingerprint density at radius 2 is 1.54 bits per heavy atom. The van der Waals surface area contributed by atoms with Gasteiger partial charge in [0.05, 0.1) is 16.8 Å². The van der Waals surface area contributed by atoms with Gasteiger partial charge in [-0.25, -0.2) is 8.42 Å². The van der Waals surface area contributed by atoms with Crippen LogP contribution in [0.25, 0.3) is 0 Å². The first-order chi connectivity index (χ1) is 11.4. The van der Waals surface area contributed by atoms with E-state index in [1.165, 1.54) is 0 Å². The van der Waals surface area contributed by atoms with E-state index < -0.39 is 46.2 Å². The molecule has 0 spiro atoms. The van der Waals surface area contributed by atoms with Crippen LogP contribution in [0.3, 0.4) is 0 Å². The average Bonchev–Trinajstić information content (AvgIpc) is 2.97. The summed E-state index contributed by atoms with van der Waals surface area (Å²) in [6.07, 6.45) is -5.63. The molecule has 0 aliphatic carbocycles. The second kappa shape index (κ2) is 8.10. The molecule has 26 heavy (non-hydrogen) atoms. The van der Waals surface area contributed by atoms with Gasteiger partial charge < -0.3 is 14.8 Å². The van der Waals surface area contributed by atoms with Gasteiger partial charge in [-0.3, -0.25) is 0 Å². The van der Waals surface area contributed by atoms with E-state index in [9.17, 15) is 52.5 Å². The van der Waals surface area contributed by atoms with Gasteiger partial charge in [0.2, 0.25) is 0 Å². The smallest absolute Gasteiger partial charge is 0.460 e. The molecular weight excluding hydrogens is 411 g/mol. The highest BCUT2D eigenvalue weighted by molar-refractivity contribution is 7.85. The first kappa shape index (κ1) is 24.6. The lowest BCUT2D eigenvalue weighted by molar-refractivity contribution is -0.396. The Morgan fingerprint density at radius 3 is 1.81 bits per heavy atom. The number of alkyl halides is 9. The molecule has 0 saturated heterocycles. The van der Waals surface area contributed by atoms with Crippen LogP contribution in [-0.4, -0.2) is 60.8 Å². The summed E-state index contributed by atoms with van der Waals surface area (Å²) >= 11 is 0. The molecule has 1 heterocycles. The second-order valence-corrected chi connectivity index (χ2v) is 6.47. The molecule has 5 nitrogen and oxygen atoms in total. The van der Waals surface area contributed by atoms with Crippen molar-refractivity contribution in [3.63, 3.8) is 0 Å². The summed E-state index contributed by atoms with van der Waals surface area (Å²) in [5, 5.41) is 3.07. The summed E-state index contributed by atoms with van der Waals surface area (Å²) in [6.45, 7) is 4.22. The fraction of sp³-hybridized carbons (Fsp3) is 0.818. The monoisotopic (exact) mass is 425 g/mol. The Kier molecular flexibility index (Phi) is 7.67. The van der Waals surface area contributed by atoms with Crippen LogP contribution in [0.1, 0.15) is 13.3 Å². The van der Waals surface area contributed by atoms with Crippen molar-refractivity contribution in [2.24, 2.45) is 0 Å². The Labute approximate surface area is 142 Å². The molecule has 0 atom stereocenters. The van der Waals surface area contributed by atoms with Crippen molar-refractivity contribution >= 4 is 10.1 Å². The highest BCUT2D eigenvalue weighted by Crippen LogP contribution is 2.53. The zero-order chi connectivity index (χ0) is 21.0. The quantitative estimate of drug-likeness (QED) is 0.524. The van der Waals surface area contributed by atoms with E-state index in [-0.39, 0.29) is 0 Å². The van der Waals surface area contributed by atoms with Crippen LogP contribution in [0.5, 0.6) is 0 Å². The molecule has 0 saturated carbocycles. The van der Waals surface area contributed by atoms with Gasteiger partial charge in [0.25, 0.3) is 0 Å². The number of hydrogen-bond acceptors (Lipinski definition) is 5. The second-order valence-electron chi connectivity index (χ2n) is 4.95. The maximum absolute atomic E-state index is 12.6. The molecule has 0 fully saturated rings. The summed E-state index contributed by atoms with van der Waals surface area (Å²) in [5.41, 5.74) is 0. The Morgan fingerprint density at radius 1 is 1.04 bits per heavy atom. The molecule has 0 unspecified atom stereocenters. The minimum Gasteiger partial charge on any atom is -0.748 e. The van der Waals surface area contributed by atoms with Crippen molar-refractivity contribution in [2.45, 2.75) is 37.3 Å². The minimum absolute atomic E-state index is 0.983. The minimum atomic E-state index is -7.09. The van der Waals surface area contributed by atoms with Gasteiger partial charge in [-0.1, -0.05) is 0 Å². The summed E-state index contributed by atoms with van der Waals surface area (Å²) in [7, 11) is -5.49. The lowest BCUT2D eigenvalue weighted by Gasteiger charge is -2.33. The van der Waals surface area contributed by atoms with E-state index >= 15 is 0 Å². The molecule has 156 valence electrons. The molecule has 0 radical (unpaired) electrons. The van der Waals surface area contributed by atoms with E-state index in [1.54, 1.807) is 0 Å². The van der Waals surface area contributed by atoms with Crippen LogP contribution >= 0.6 is 0 Å². The third-order valence-electron chi connectivity index (χ3n) is 2.98. The average molecular weight is 425 g/mol. The van der Waals surface area contributed by atoms with Crippen molar-refractivity contribution < 1.29 is 52.5 Å². The fourth-order valence-corrected chi connectivity index (χ4v) is 1.92. The number of halogens is 9. The standard InChI is InChI=1S/C6H5F9O3S.C5H10N2/c7-3(8,1-2-19(16,17)18)4(9,10)5(11,12)6(13,14)15;1-2-7-4-3-6-5-7/h1-2H2,(H,16,17,18);3-4,6H,2,5H2,1H3/p-1. The van der Waals surface area contributed by atoms with Crippen LogP contribution in [0.15, 0.2) is 12.4 Å². The molecule has 0 aromatic carbocycles. The molecule has 15 heteroatoms. The Bertz CT molecular complexity index is 590. The van der Waals surface area contributed by atoms with Crippen LogP contribution in [-0.2, 0) is 10.1 Å². The highest BCUT2D eigenvalue weighted by Gasteiger charge is 2.81. The molecule has 0 aromatic heterocycles. The van der Waals surface area contributed by atoms with Gasteiger partial charge >= 0.3 is 23.9 Å². The van der Waals surface area contributed by atoms with Crippen LogP contribution in [0.4, 0.5) is 39.5 Å². The van der Waals surface area contributed by atoms with Gasteiger partial charge in [-0.15, -0.1) is 0 Å². The normalized spacial score (nSPS) is 16.2. The molecule has 1 aliphatic heterocycles. The van der Waals surface area contributed by atoms with Crippen LogP contribution in [0.2, 0.25) is 0 Å². The predicted molar refractivity (Wildman–Crippen MR) is 69.6 cm³/mol. The van der Waals surface area contributed by atoms with Gasteiger partial charge in [0.1, 0.15) is 0 Å². The molecule has 0 amide bonds. The summed E-state index contributed by atoms with van der Waals surface area (Å²) < 4.78 is 139.